The number of amides is 1. The summed E-state index contributed by atoms with van der Waals surface area (Å²) in [5.74, 6) is -2.49. The lowest BCUT2D eigenvalue weighted by atomic mass is 9.96. The zero-order chi connectivity index (χ0) is 12.2. The molecule has 1 N–H and O–H groups in total. The lowest BCUT2D eigenvalue weighted by molar-refractivity contribution is -0.192. The second kappa shape index (κ2) is 5.18. The number of carbonyl (C=O) groups is 2. The highest BCUT2D eigenvalue weighted by Crippen LogP contribution is 2.19. The van der Waals surface area contributed by atoms with E-state index in [1.807, 2.05) is 0 Å². The van der Waals surface area contributed by atoms with E-state index in [2.05, 4.69) is 10.1 Å². The molecule has 1 saturated carbocycles. The van der Waals surface area contributed by atoms with Gasteiger partial charge in [-0.05, 0) is 12.8 Å². The number of halogens is 3. The molecule has 1 rings (SSSR count). The Morgan fingerprint density at radius 2 is 1.69 bits per heavy atom. The van der Waals surface area contributed by atoms with E-state index in [1.165, 1.54) is 0 Å². The Labute approximate surface area is 90.1 Å². The third kappa shape index (κ3) is 4.08. The zero-order valence-corrected chi connectivity index (χ0v) is 8.47. The van der Waals surface area contributed by atoms with Crippen molar-refractivity contribution in [1.29, 1.82) is 0 Å². The van der Waals surface area contributed by atoms with Crippen molar-refractivity contribution >= 4 is 12.1 Å². The second-order valence-corrected chi connectivity index (χ2v) is 3.65. The molecule has 0 spiro atoms. The Morgan fingerprint density at radius 3 is 2.19 bits per heavy atom. The minimum atomic E-state index is -5.14. The first-order chi connectivity index (χ1) is 7.39. The van der Waals surface area contributed by atoms with Crippen molar-refractivity contribution in [3.63, 3.8) is 0 Å². The Balaban J connectivity index is 2.32. The lowest BCUT2D eigenvalue weighted by Gasteiger charge is -2.22. The number of nitrogens with one attached hydrogen (secondary N) is 1. The van der Waals surface area contributed by atoms with Crippen LogP contribution in [0, 0.1) is 0 Å². The number of hydrogen-bond acceptors (Lipinski definition) is 3. The average molecular weight is 239 g/mol. The zero-order valence-electron chi connectivity index (χ0n) is 8.47. The van der Waals surface area contributed by atoms with Crippen LogP contribution >= 0.6 is 0 Å². The molecular weight excluding hydrogens is 227 g/mol. The van der Waals surface area contributed by atoms with Crippen molar-refractivity contribution in [3.05, 3.63) is 0 Å². The number of ether oxygens (including phenoxy) is 1. The van der Waals surface area contributed by atoms with E-state index in [1.54, 1.807) is 0 Å². The van der Waals surface area contributed by atoms with Crippen molar-refractivity contribution < 1.29 is 27.5 Å². The van der Waals surface area contributed by atoms with Gasteiger partial charge >= 0.3 is 18.2 Å². The van der Waals surface area contributed by atoms with Crippen LogP contribution in [0.15, 0.2) is 0 Å². The third-order valence-electron chi connectivity index (χ3n) is 2.34. The summed E-state index contributed by atoms with van der Waals surface area (Å²) < 4.78 is 38.8. The van der Waals surface area contributed by atoms with E-state index in [4.69, 9.17) is 0 Å². The minimum absolute atomic E-state index is 0.192. The molecule has 0 atom stereocenters. The molecule has 0 heterocycles. The molecule has 0 aromatic rings. The Morgan fingerprint density at radius 1 is 1.12 bits per heavy atom. The predicted octanol–water partition coefficient (Wildman–Crippen LogP) is 2.13. The maximum Gasteiger partial charge on any atom is 0.491 e. The SMILES string of the molecule is O=C(NC1CCCCC1)OC(=O)C(F)(F)F. The topological polar surface area (TPSA) is 55.4 Å². The normalized spacial score (nSPS) is 17.9. The van der Waals surface area contributed by atoms with Crippen LogP contribution in [0.3, 0.4) is 0 Å². The lowest BCUT2D eigenvalue weighted by Crippen LogP contribution is -2.40. The van der Waals surface area contributed by atoms with Crippen LogP contribution in [0.5, 0.6) is 0 Å². The van der Waals surface area contributed by atoms with Gasteiger partial charge in [-0.3, -0.25) is 0 Å². The Kier molecular flexibility index (Phi) is 4.14. The van der Waals surface area contributed by atoms with Gasteiger partial charge in [0, 0.05) is 6.04 Å². The summed E-state index contributed by atoms with van der Waals surface area (Å²) >= 11 is 0. The number of alkyl carbamates (subject to hydrolysis) is 1. The average Bonchev–Trinajstić information content (AvgIpc) is 2.17. The fourth-order valence-electron chi connectivity index (χ4n) is 1.59. The summed E-state index contributed by atoms with van der Waals surface area (Å²) in [6.45, 7) is 0. The van der Waals surface area contributed by atoms with E-state index in [0.29, 0.717) is 12.8 Å². The van der Waals surface area contributed by atoms with E-state index in [-0.39, 0.29) is 6.04 Å². The highest BCUT2D eigenvalue weighted by molar-refractivity contribution is 5.87. The van der Waals surface area contributed by atoms with Gasteiger partial charge in [0.15, 0.2) is 0 Å². The summed E-state index contributed by atoms with van der Waals surface area (Å²) in [6, 6.07) is -0.192. The highest BCUT2D eigenvalue weighted by Gasteiger charge is 2.42. The van der Waals surface area contributed by atoms with Crippen LogP contribution in [-0.4, -0.2) is 24.3 Å². The van der Waals surface area contributed by atoms with Crippen molar-refractivity contribution in [2.45, 2.75) is 44.3 Å². The monoisotopic (exact) mass is 239 g/mol. The van der Waals surface area contributed by atoms with E-state index in [0.717, 1.165) is 19.3 Å². The van der Waals surface area contributed by atoms with Gasteiger partial charge in [0.25, 0.3) is 0 Å². The van der Waals surface area contributed by atoms with Crippen LogP contribution in [0.1, 0.15) is 32.1 Å². The van der Waals surface area contributed by atoms with Crippen LogP contribution in [0.4, 0.5) is 18.0 Å². The molecule has 1 aliphatic rings. The predicted molar refractivity (Wildman–Crippen MR) is 47.6 cm³/mol. The minimum Gasteiger partial charge on any atom is -0.369 e. The van der Waals surface area contributed by atoms with Crippen LogP contribution in [0.25, 0.3) is 0 Å². The first kappa shape index (κ1) is 12.8. The van der Waals surface area contributed by atoms with E-state index >= 15 is 0 Å². The molecule has 0 saturated heterocycles. The molecular formula is C9H12F3NO3. The summed E-state index contributed by atoms with van der Waals surface area (Å²) in [6.07, 6.45) is -2.17. The van der Waals surface area contributed by atoms with Crippen molar-refractivity contribution in [2.24, 2.45) is 0 Å². The number of carbonyl (C=O) groups excluding carboxylic acids is 2. The highest BCUT2D eigenvalue weighted by atomic mass is 19.4. The molecule has 0 radical (unpaired) electrons. The molecule has 0 unspecified atom stereocenters. The number of alkyl halides is 3. The quantitative estimate of drug-likeness (QED) is 0.563. The summed E-state index contributed by atoms with van der Waals surface area (Å²) in [4.78, 5) is 21.2. The Hall–Kier alpha value is -1.27. The van der Waals surface area contributed by atoms with E-state index < -0.39 is 18.2 Å². The maximum absolute atomic E-state index is 11.7. The molecule has 92 valence electrons. The molecule has 0 aromatic heterocycles. The van der Waals surface area contributed by atoms with Crippen molar-refractivity contribution in [2.75, 3.05) is 0 Å². The first-order valence-electron chi connectivity index (χ1n) is 4.99. The summed E-state index contributed by atoms with van der Waals surface area (Å²) in [5.41, 5.74) is 0. The smallest absolute Gasteiger partial charge is 0.369 e. The second-order valence-electron chi connectivity index (χ2n) is 3.65. The van der Waals surface area contributed by atoms with E-state index in [9.17, 15) is 22.8 Å². The van der Waals surface area contributed by atoms with Gasteiger partial charge in [0.2, 0.25) is 0 Å². The van der Waals surface area contributed by atoms with Crippen molar-refractivity contribution in [3.8, 4) is 0 Å². The summed E-state index contributed by atoms with van der Waals surface area (Å²) in [5, 5.41) is 2.24. The molecule has 0 aromatic carbocycles. The third-order valence-corrected chi connectivity index (χ3v) is 2.34. The molecule has 1 aliphatic carbocycles. The Bertz CT molecular complexity index is 272. The standard InChI is InChI=1S/C9H12F3NO3/c10-9(11,12)7(14)16-8(15)13-6-4-2-1-3-5-6/h6H,1-5H2,(H,13,15). The van der Waals surface area contributed by atoms with Crippen LogP contribution in [0.2, 0.25) is 0 Å². The molecule has 0 aliphatic heterocycles. The molecule has 0 bridgehead atoms. The number of hydrogen-bond donors (Lipinski definition) is 1. The fraction of sp³-hybridized carbons (Fsp3) is 0.778. The van der Waals surface area contributed by atoms with Crippen LogP contribution < -0.4 is 5.32 Å². The molecule has 16 heavy (non-hydrogen) atoms. The van der Waals surface area contributed by atoms with Crippen molar-refractivity contribution in [1.82, 2.24) is 5.32 Å². The molecule has 1 amide bonds. The number of rotatable bonds is 1. The molecule has 1 fully saturated rings. The van der Waals surface area contributed by atoms with Gasteiger partial charge in [-0.2, -0.15) is 13.2 Å². The fourth-order valence-corrected chi connectivity index (χ4v) is 1.59. The van der Waals surface area contributed by atoms with Crippen LogP contribution in [-0.2, 0) is 9.53 Å². The van der Waals surface area contributed by atoms with Gasteiger partial charge in [0.1, 0.15) is 0 Å². The van der Waals surface area contributed by atoms with Gasteiger partial charge in [-0.25, -0.2) is 9.59 Å². The number of esters is 1. The summed E-state index contributed by atoms with van der Waals surface area (Å²) in [7, 11) is 0. The largest absolute Gasteiger partial charge is 0.491 e. The first-order valence-corrected chi connectivity index (χ1v) is 4.99. The molecule has 4 nitrogen and oxygen atoms in total. The maximum atomic E-state index is 11.7. The van der Waals surface area contributed by atoms with Gasteiger partial charge < -0.3 is 10.1 Å². The molecule has 7 heteroatoms. The van der Waals surface area contributed by atoms with Gasteiger partial charge in [0.05, 0.1) is 0 Å². The van der Waals surface area contributed by atoms with Gasteiger partial charge in [-0.1, -0.05) is 19.3 Å². The van der Waals surface area contributed by atoms with Gasteiger partial charge in [-0.15, -0.1) is 0 Å².